The van der Waals surface area contributed by atoms with Gasteiger partial charge in [-0.25, -0.2) is 0 Å². The van der Waals surface area contributed by atoms with E-state index < -0.39 is 15.0 Å². The lowest BCUT2D eigenvalue weighted by Crippen LogP contribution is -2.10. The topological polar surface area (TPSA) is 86.5 Å². The summed E-state index contributed by atoms with van der Waals surface area (Å²) in [7, 11) is -4.19. The maximum absolute atomic E-state index is 12.1. The van der Waals surface area contributed by atoms with Crippen molar-refractivity contribution in [2.24, 2.45) is 0 Å². The molecule has 0 spiro atoms. The van der Waals surface area contributed by atoms with Gasteiger partial charge in [0, 0.05) is 12.1 Å². The SMILES string of the molecule is O=[N+]([O-])c1ccc(OS(=O)(=O)c2cccc(Cl)c2Cl)cc1. The molecule has 0 unspecified atom stereocenters. The van der Waals surface area contributed by atoms with Gasteiger partial charge in [0.25, 0.3) is 5.69 Å². The molecule has 2 rings (SSSR count). The predicted molar refractivity (Wildman–Crippen MR) is 77.4 cm³/mol. The molecule has 0 aromatic heterocycles. The Morgan fingerprint density at radius 1 is 1.05 bits per heavy atom. The van der Waals surface area contributed by atoms with Crippen molar-refractivity contribution in [3.05, 3.63) is 62.6 Å². The first-order valence-corrected chi connectivity index (χ1v) is 7.60. The molecule has 9 heteroatoms. The highest BCUT2D eigenvalue weighted by Crippen LogP contribution is 2.31. The Labute approximate surface area is 130 Å². The van der Waals surface area contributed by atoms with Crippen LogP contribution in [0.2, 0.25) is 10.0 Å². The molecule has 0 saturated heterocycles. The quantitative estimate of drug-likeness (QED) is 0.478. The lowest BCUT2D eigenvalue weighted by molar-refractivity contribution is -0.384. The molecule has 2 aromatic rings. The van der Waals surface area contributed by atoms with Gasteiger partial charge in [0.2, 0.25) is 0 Å². The molecule has 0 bridgehead atoms. The Morgan fingerprint density at radius 2 is 1.67 bits per heavy atom. The first-order valence-electron chi connectivity index (χ1n) is 5.44. The molecule has 0 aliphatic rings. The first-order chi connectivity index (χ1) is 9.81. The molecular weight excluding hydrogens is 341 g/mol. The summed E-state index contributed by atoms with van der Waals surface area (Å²) in [6.07, 6.45) is 0. The van der Waals surface area contributed by atoms with Crippen LogP contribution >= 0.6 is 23.2 Å². The van der Waals surface area contributed by atoms with Crippen LogP contribution in [0.25, 0.3) is 0 Å². The van der Waals surface area contributed by atoms with E-state index in [2.05, 4.69) is 0 Å². The molecule has 0 aliphatic carbocycles. The van der Waals surface area contributed by atoms with Gasteiger partial charge < -0.3 is 4.18 Å². The lowest BCUT2D eigenvalue weighted by atomic mass is 10.3. The Balaban J connectivity index is 2.33. The minimum Gasteiger partial charge on any atom is -0.379 e. The minimum atomic E-state index is -4.19. The van der Waals surface area contributed by atoms with Gasteiger partial charge in [-0.3, -0.25) is 10.1 Å². The highest BCUT2D eigenvalue weighted by molar-refractivity contribution is 7.87. The van der Waals surface area contributed by atoms with E-state index in [0.29, 0.717) is 0 Å². The molecule has 0 N–H and O–H groups in total. The maximum Gasteiger partial charge on any atom is 0.340 e. The number of hydrogen-bond acceptors (Lipinski definition) is 5. The average Bonchev–Trinajstić information content (AvgIpc) is 2.41. The number of nitro groups is 1. The third kappa shape index (κ3) is 3.44. The number of nitrogens with zero attached hydrogens (tertiary/aromatic N) is 1. The van der Waals surface area contributed by atoms with E-state index in [9.17, 15) is 18.5 Å². The zero-order valence-corrected chi connectivity index (χ0v) is 12.5. The summed E-state index contributed by atoms with van der Waals surface area (Å²) in [5.74, 6) is -0.0726. The van der Waals surface area contributed by atoms with Gasteiger partial charge in [-0.05, 0) is 24.3 Å². The first kappa shape index (κ1) is 15.6. The van der Waals surface area contributed by atoms with Crippen LogP contribution in [-0.2, 0) is 10.1 Å². The summed E-state index contributed by atoms with van der Waals surface area (Å²) in [4.78, 5) is 9.63. The third-order valence-electron chi connectivity index (χ3n) is 2.44. The van der Waals surface area contributed by atoms with Crippen LogP contribution in [0, 0.1) is 10.1 Å². The summed E-state index contributed by atoms with van der Waals surface area (Å²) in [5, 5.41) is 10.4. The van der Waals surface area contributed by atoms with Crippen LogP contribution in [0.15, 0.2) is 47.4 Å². The summed E-state index contributed by atoms with van der Waals surface area (Å²) in [5.41, 5.74) is -0.180. The summed E-state index contributed by atoms with van der Waals surface area (Å²) in [6, 6.07) is 8.71. The fourth-order valence-corrected chi connectivity index (χ4v) is 3.14. The maximum atomic E-state index is 12.1. The Hall–Kier alpha value is -1.83. The Morgan fingerprint density at radius 3 is 2.24 bits per heavy atom. The monoisotopic (exact) mass is 347 g/mol. The van der Waals surface area contributed by atoms with Crippen LogP contribution in [0.3, 0.4) is 0 Å². The number of halogens is 2. The summed E-state index contributed by atoms with van der Waals surface area (Å²) < 4.78 is 29.1. The van der Waals surface area contributed by atoms with Gasteiger partial charge in [0.05, 0.1) is 15.0 Å². The number of hydrogen-bond donors (Lipinski definition) is 0. The summed E-state index contributed by atoms with van der Waals surface area (Å²) >= 11 is 11.6. The molecule has 2 aromatic carbocycles. The van der Waals surface area contributed by atoms with Crippen molar-refractivity contribution in [2.75, 3.05) is 0 Å². The zero-order chi connectivity index (χ0) is 15.6. The molecule has 0 radical (unpaired) electrons. The van der Waals surface area contributed by atoms with Crippen LogP contribution in [0.5, 0.6) is 5.75 Å². The van der Waals surface area contributed by atoms with Crippen molar-refractivity contribution in [1.82, 2.24) is 0 Å². The van der Waals surface area contributed by atoms with Crippen molar-refractivity contribution in [2.45, 2.75) is 4.90 Å². The molecule has 0 fully saturated rings. The lowest BCUT2D eigenvalue weighted by Gasteiger charge is -2.08. The van der Waals surface area contributed by atoms with Crippen LogP contribution in [0.4, 0.5) is 5.69 Å². The van der Waals surface area contributed by atoms with Gasteiger partial charge in [-0.1, -0.05) is 29.3 Å². The van der Waals surface area contributed by atoms with E-state index in [1.165, 1.54) is 30.3 Å². The van der Waals surface area contributed by atoms with Crippen molar-refractivity contribution >= 4 is 39.0 Å². The number of nitro benzene ring substituents is 1. The molecule has 0 amide bonds. The van der Waals surface area contributed by atoms with Crippen molar-refractivity contribution in [3.8, 4) is 5.75 Å². The van der Waals surface area contributed by atoms with E-state index in [1.807, 2.05) is 0 Å². The van der Waals surface area contributed by atoms with Gasteiger partial charge >= 0.3 is 10.1 Å². The van der Waals surface area contributed by atoms with E-state index in [-0.39, 0.29) is 26.4 Å². The van der Waals surface area contributed by atoms with Crippen LogP contribution in [0.1, 0.15) is 0 Å². The number of non-ortho nitro benzene ring substituents is 1. The second-order valence-corrected chi connectivity index (χ2v) is 6.14. The molecular formula is C12H7Cl2NO5S. The normalized spacial score (nSPS) is 11.1. The third-order valence-corrected chi connectivity index (χ3v) is 4.66. The van der Waals surface area contributed by atoms with Gasteiger partial charge in [0.15, 0.2) is 0 Å². The van der Waals surface area contributed by atoms with Crippen molar-refractivity contribution < 1.29 is 17.5 Å². The predicted octanol–water partition coefficient (Wildman–Crippen LogP) is 3.67. The second kappa shape index (κ2) is 5.88. The van der Waals surface area contributed by atoms with Crippen molar-refractivity contribution in [1.29, 1.82) is 0 Å². The molecule has 0 atom stereocenters. The number of benzene rings is 2. The second-order valence-electron chi connectivity index (χ2n) is 3.84. The fraction of sp³-hybridized carbons (Fsp3) is 0. The fourth-order valence-electron chi connectivity index (χ4n) is 1.47. The minimum absolute atomic E-state index is 0.0726. The number of rotatable bonds is 4. The zero-order valence-electron chi connectivity index (χ0n) is 10.2. The van der Waals surface area contributed by atoms with E-state index in [0.717, 1.165) is 12.1 Å². The molecule has 0 saturated carbocycles. The summed E-state index contributed by atoms with van der Waals surface area (Å²) in [6.45, 7) is 0. The highest BCUT2D eigenvalue weighted by Gasteiger charge is 2.22. The van der Waals surface area contributed by atoms with Crippen molar-refractivity contribution in [3.63, 3.8) is 0 Å². The van der Waals surface area contributed by atoms with E-state index in [1.54, 1.807) is 0 Å². The van der Waals surface area contributed by atoms with E-state index in [4.69, 9.17) is 27.4 Å². The van der Waals surface area contributed by atoms with Crippen LogP contribution < -0.4 is 4.18 Å². The Bertz CT molecular complexity index is 790. The Kier molecular flexibility index (Phi) is 4.36. The van der Waals surface area contributed by atoms with Gasteiger partial charge in [-0.2, -0.15) is 8.42 Å². The highest BCUT2D eigenvalue weighted by atomic mass is 35.5. The molecule has 110 valence electrons. The van der Waals surface area contributed by atoms with Gasteiger partial charge in [0.1, 0.15) is 10.6 Å². The molecule has 0 aliphatic heterocycles. The van der Waals surface area contributed by atoms with Gasteiger partial charge in [-0.15, -0.1) is 0 Å². The average molecular weight is 348 g/mol. The smallest absolute Gasteiger partial charge is 0.340 e. The van der Waals surface area contributed by atoms with Crippen LogP contribution in [-0.4, -0.2) is 13.3 Å². The molecule has 6 nitrogen and oxygen atoms in total. The largest absolute Gasteiger partial charge is 0.379 e. The van der Waals surface area contributed by atoms with E-state index >= 15 is 0 Å². The molecule has 0 heterocycles. The molecule has 21 heavy (non-hydrogen) atoms. The standard InChI is InChI=1S/C12H7Cl2NO5S/c13-10-2-1-3-11(12(10)14)21(18,19)20-9-6-4-8(5-7-9)15(16)17/h1-7H.